The first kappa shape index (κ1) is 17.0. The normalized spacial score (nSPS) is 45.3. The van der Waals surface area contributed by atoms with Gasteiger partial charge in [0, 0.05) is 5.41 Å². The highest BCUT2D eigenvalue weighted by atomic mass is 16.5. The number of aliphatic hydroxyl groups is 1. The largest absolute Gasteiger partial charge is 0.392 e. The molecule has 0 aliphatic heterocycles. The fraction of sp³-hybridized carbons (Fsp3) is 0.667. The van der Waals surface area contributed by atoms with Gasteiger partial charge in [-0.05, 0) is 60.3 Å². The number of fused-ring (bicyclic) bond motifs is 1. The molecule has 3 saturated carbocycles. The summed E-state index contributed by atoms with van der Waals surface area (Å²) < 4.78 is 6.45. The predicted molar refractivity (Wildman–Crippen MR) is 103 cm³/mol. The molecule has 0 unspecified atom stereocenters. The maximum Gasteiger partial charge on any atom is 0.0720 e. The van der Waals surface area contributed by atoms with Gasteiger partial charge in [-0.3, -0.25) is 0 Å². The molecule has 1 N–H and O–H groups in total. The van der Waals surface area contributed by atoms with Crippen LogP contribution in [0.5, 0.6) is 0 Å². The maximum absolute atomic E-state index is 10.6. The van der Waals surface area contributed by atoms with E-state index in [0.717, 1.165) is 31.3 Å². The van der Waals surface area contributed by atoms with Gasteiger partial charge < -0.3 is 9.84 Å². The molecular formula is C24H32O2. The summed E-state index contributed by atoms with van der Waals surface area (Å²) in [6.07, 6.45) is 8.55. The van der Waals surface area contributed by atoms with E-state index in [1.54, 1.807) is 5.57 Å². The Hall–Kier alpha value is -1.12. The summed E-state index contributed by atoms with van der Waals surface area (Å²) >= 11 is 0. The third-order valence-electron chi connectivity index (χ3n) is 8.73. The van der Waals surface area contributed by atoms with Crippen molar-refractivity contribution in [2.45, 2.75) is 71.7 Å². The van der Waals surface area contributed by atoms with Crippen molar-refractivity contribution < 1.29 is 9.84 Å². The van der Waals surface area contributed by atoms with Crippen molar-refractivity contribution in [2.75, 3.05) is 0 Å². The zero-order valence-electron chi connectivity index (χ0n) is 16.4. The first-order chi connectivity index (χ1) is 12.4. The van der Waals surface area contributed by atoms with Crippen LogP contribution in [0.2, 0.25) is 0 Å². The van der Waals surface area contributed by atoms with Crippen LogP contribution in [0.15, 0.2) is 42.0 Å². The summed E-state index contributed by atoms with van der Waals surface area (Å²) in [6.45, 7) is 7.77. The lowest BCUT2D eigenvalue weighted by atomic mass is 9.49. The zero-order chi connectivity index (χ0) is 18.2. The van der Waals surface area contributed by atoms with Crippen LogP contribution in [0.25, 0.3) is 0 Å². The molecule has 4 aliphatic carbocycles. The fourth-order valence-electron chi connectivity index (χ4n) is 7.29. The van der Waals surface area contributed by atoms with Gasteiger partial charge in [-0.1, -0.05) is 62.8 Å². The van der Waals surface area contributed by atoms with Gasteiger partial charge in [-0.25, -0.2) is 0 Å². The number of rotatable bonds is 3. The summed E-state index contributed by atoms with van der Waals surface area (Å²) in [7, 11) is 0. The van der Waals surface area contributed by atoms with Crippen molar-refractivity contribution in [1.29, 1.82) is 0 Å². The third kappa shape index (κ3) is 2.06. The average Bonchev–Trinajstić information content (AvgIpc) is 3.30. The highest BCUT2D eigenvalue weighted by molar-refractivity contribution is 5.39. The molecule has 3 fully saturated rings. The smallest absolute Gasteiger partial charge is 0.0720 e. The number of ether oxygens (including phenoxy) is 1. The van der Waals surface area contributed by atoms with E-state index < -0.39 is 0 Å². The molecule has 1 spiro atoms. The standard InChI is InChI=1S/C24H32O2/c1-22(2)20-10-9-17-13-19(26-15-16-7-5-4-6-8-16)18-14-24(17,18)23(20,3)12-11-21(22)25/h4-8,10,17-19,21,25H,9,11-15H2,1-3H3/t17-,18+,19+,21+,23-,24+/m0/s1. The fourth-order valence-corrected chi connectivity index (χ4v) is 7.29. The topological polar surface area (TPSA) is 29.5 Å². The molecule has 5 rings (SSSR count). The van der Waals surface area contributed by atoms with Gasteiger partial charge in [-0.2, -0.15) is 0 Å². The van der Waals surface area contributed by atoms with E-state index in [2.05, 4.69) is 57.2 Å². The van der Waals surface area contributed by atoms with Gasteiger partial charge >= 0.3 is 0 Å². The Kier molecular flexibility index (Phi) is 3.57. The summed E-state index contributed by atoms with van der Waals surface area (Å²) in [4.78, 5) is 0. The Labute approximate surface area is 157 Å². The molecule has 0 aromatic heterocycles. The molecule has 2 nitrogen and oxygen atoms in total. The maximum atomic E-state index is 10.6. The number of allylic oxidation sites excluding steroid dienone is 1. The van der Waals surface area contributed by atoms with E-state index in [-0.39, 0.29) is 16.9 Å². The van der Waals surface area contributed by atoms with Gasteiger partial charge in [-0.15, -0.1) is 0 Å². The molecule has 0 saturated heterocycles. The average molecular weight is 353 g/mol. The van der Waals surface area contributed by atoms with Crippen LogP contribution in [0.4, 0.5) is 0 Å². The lowest BCUT2D eigenvalue weighted by Crippen LogP contribution is -2.51. The Bertz CT molecular complexity index is 736. The van der Waals surface area contributed by atoms with Crippen molar-refractivity contribution >= 4 is 0 Å². The molecule has 6 atom stereocenters. The molecule has 26 heavy (non-hydrogen) atoms. The van der Waals surface area contributed by atoms with Crippen LogP contribution in [-0.2, 0) is 11.3 Å². The highest BCUT2D eigenvalue weighted by Gasteiger charge is 2.76. The van der Waals surface area contributed by atoms with E-state index in [4.69, 9.17) is 4.74 Å². The van der Waals surface area contributed by atoms with Crippen LogP contribution in [0, 0.1) is 28.1 Å². The third-order valence-corrected chi connectivity index (χ3v) is 8.73. The van der Waals surface area contributed by atoms with E-state index in [9.17, 15) is 5.11 Å². The molecule has 2 heteroatoms. The first-order valence-electron chi connectivity index (χ1n) is 10.4. The molecule has 1 aromatic carbocycles. The van der Waals surface area contributed by atoms with Crippen LogP contribution < -0.4 is 0 Å². The number of benzene rings is 1. The summed E-state index contributed by atoms with van der Waals surface area (Å²) in [5.74, 6) is 1.49. The van der Waals surface area contributed by atoms with Crippen molar-refractivity contribution in [3.63, 3.8) is 0 Å². The molecule has 0 radical (unpaired) electrons. The lowest BCUT2D eigenvalue weighted by molar-refractivity contribution is -0.0287. The number of hydrogen-bond acceptors (Lipinski definition) is 2. The van der Waals surface area contributed by atoms with Gasteiger partial charge in [0.25, 0.3) is 0 Å². The molecule has 140 valence electrons. The van der Waals surface area contributed by atoms with Crippen LogP contribution >= 0.6 is 0 Å². The first-order valence-corrected chi connectivity index (χ1v) is 10.4. The minimum Gasteiger partial charge on any atom is -0.392 e. The molecule has 0 bridgehead atoms. The zero-order valence-corrected chi connectivity index (χ0v) is 16.4. The highest BCUT2D eigenvalue weighted by Crippen LogP contribution is 2.81. The lowest BCUT2D eigenvalue weighted by Gasteiger charge is -2.56. The molecule has 1 aromatic rings. The Morgan fingerprint density at radius 1 is 1.15 bits per heavy atom. The van der Waals surface area contributed by atoms with E-state index in [0.29, 0.717) is 11.5 Å². The SMILES string of the molecule is CC1(C)C2=CC[C@H]3C[C@@H](OCc4ccccc4)[C@H]4C[C@@]34[C@@]2(C)CC[C@H]1O. The van der Waals surface area contributed by atoms with Crippen LogP contribution in [0.3, 0.4) is 0 Å². The van der Waals surface area contributed by atoms with Crippen LogP contribution in [0.1, 0.15) is 58.4 Å². The second-order valence-corrected chi connectivity index (χ2v) is 10.1. The summed E-state index contributed by atoms with van der Waals surface area (Å²) in [5, 5.41) is 10.6. The van der Waals surface area contributed by atoms with Crippen molar-refractivity contribution in [1.82, 2.24) is 0 Å². The summed E-state index contributed by atoms with van der Waals surface area (Å²) in [6, 6.07) is 10.6. The number of hydrogen-bond donors (Lipinski definition) is 1. The minimum atomic E-state index is -0.196. The Morgan fingerprint density at radius 3 is 2.69 bits per heavy atom. The second kappa shape index (κ2) is 5.45. The molecular weight excluding hydrogens is 320 g/mol. The monoisotopic (exact) mass is 352 g/mol. The van der Waals surface area contributed by atoms with Crippen molar-refractivity contribution in [3.05, 3.63) is 47.5 Å². The van der Waals surface area contributed by atoms with Crippen LogP contribution in [-0.4, -0.2) is 17.3 Å². The molecule has 0 amide bonds. The Balaban J connectivity index is 1.39. The Morgan fingerprint density at radius 2 is 1.92 bits per heavy atom. The van der Waals surface area contributed by atoms with Crippen molar-refractivity contribution in [3.8, 4) is 0 Å². The van der Waals surface area contributed by atoms with Crippen molar-refractivity contribution in [2.24, 2.45) is 28.1 Å². The van der Waals surface area contributed by atoms with E-state index in [1.807, 2.05) is 0 Å². The quantitative estimate of drug-likeness (QED) is 0.766. The van der Waals surface area contributed by atoms with E-state index in [1.165, 1.54) is 24.8 Å². The summed E-state index contributed by atoms with van der Waals surface area (Å²) in [5.41, 5.74) is 3.45. The van der Waals surface area contributed by atoms with Gasteiger partial charge in [0.2, 0.25) is 0 Å². The minimum absolute atomic E-state index is 0.0805. The molecule has 0 heterocycles. The van der Waals surface area contributed by atoms with Gasteiger partial charge in [0.1, 0.15) is 0 Å². The second-order valence-electron chi connectivity index (χ2n) is 10.1. The molecule has 4 aliphatic rings. The van der Waals surface area contributed by atoms with Gasteiger partial charge in [0.15, 0.2) is 0 Å². The number of aliphatic hydroxyl groups excluding tert-OH is 1. The van der Waals surface area contributed by atoms with E-state index >= 15 is 0 Å². The van der Waals surface area contributed by atoms with Gasteiger partial charge in [0.05, 0.1) is 18.8 Å². The predicted octanol–water partition coefficient (Wildman–Crippen LogP) is 5.12.